The lowest BCUT2D eigenvalue weighted by Crippen LogP contribution is -2.51. The van der Waals surface area contributed by atoms with E-state index in [4.69, 9.17) is 4.74 Å². The summed E-state index contributed by atoms with van der Waals surface area (Å²) in [5.41, 5.74) is 0.373. The average molecular weight is 269 g/mol. The molecule has 1 saturated carbocycles. The van der Waals surface area contributed by atoms with E-state index < -0.39 is 0 Å². The van der Waals surface area contributed by atoms with Crippen molar-refractivity contribution in [3.63, 3.8) is 0 Å². The Morgan fingerprint density at radius 1 is 1.21 bits per heavy atom. The van der Waals surface area contributed by atoms with Gasteiger partial charge in [-0.1, -0.05) is 27.2 Å². The van der Waals surface area contributed by atoms with Crippen molar-refractivity contribution in [3.05, 3.63) is 0 Å². The average Bonchev–Trinajstić information content (AvgIpc) is 2.67. The fourth-order valence-electron chi connectivity index (χ4n) is 3.80. The Morgan fingerprint density at radius 3 is 2.74 bits per heavy atom. The van der Waals surface area contributed by atoms with E-state index in [9.17, 15) is 5.11 Å². The van der Waals surface area contributed by atoms with Crippen LogP contribution in [0.3, 0.4) is 0 Å². The predicted octanol–water partition coefficient (Wildman–Crippen LogP) is 2.67. The molecule has 0 amide bonds. The van der Waals surface area contributed by atoms with Crippen molar-refractivity contribution in [1.82, 2.24) is 4.90 Å². The van der Waals surface area contributed by atoms with Crippen molar-refractivity contribution in [2.45, 2.75) is 65.0 Å². The number of rotatable bonds is 3. The largest absolute Gasteiger partial charge is 0.393 e. The molecule has 19 heavy (non-hydrogen) atoms. The molecule has 0 aromatic heterocycles. The lowest BCUT2D eigenvalue weighted by atomic mass is 9.66. The highest BCUT2D eigenvalue weighted by Crippen LogP contribution is 2.42. The second-order valence-electron chi connectivity index (χ2n) is 6.98. The molecule has 1 aliphatic carbocycles. The minimum Gasteiger partial charge on any atom is -0.393 e. The maximum atomic E-state index is 10.1. The highest BCUT2D eigenvalue weighted by molar-refractivity contribution is 4.93. The Balaban J connectivity index is 2.11. The number of ether oxygens (including phenoxy) is 1. The molecule has 3 atom stereocenters. The molecular formula is C16H31NO2. The second-order valence-corrected chi connectivity index (χ2v) is 6.98. The van der Waals surface area contributed by atoms with Gasteiger partial charge >= 0.3 is 0 Å². The van der Waals surface area contributed by atoms with Crippen LogP contribution in [0.4, 0.5) is 0 Å². The molecule has 2 fully saturated rings. The first kappa shape index (κ1) is 15.3. The number of aliphatic hydroxyl groups excluding tert-OH is 1. The van der Waals surface area contributed by atoms with Gasteiger partial charge in [0.25, 0.3) is 0 Å². The summed E-state index contributed by atoms with van der Waals surface area (Å²) >= 11 is 0. The molecule has 0 spiro atoms. The number of nitrogens with zero attached hydrogens (tertiary/aromatic N) is 1. The third kappa shape index (κ3) is 3.71. The van der Waals surface area contributed by atoms with Crippen molar-refractivity contribution in [2.75, 3.05) is 26.3 Å². The topological polar surface area (TPSA) is 32.7 Å². The van der Waals surface area contributed by atoms with Crippen LogP contribution < -0.4 is 0 Å². The number of aliphatic hydroxyl groups is 1. The smallest absolute Gasteiger partial charge is 0.0593 e. The van der Waals surface area contributed by atoms with Crippen molar-refractivity contribution >= 4 is 0 Å². The van der Waals surface area contributed by atoms with Crippen LogP contribution in [0.1, 0.15) is 52.9 Å². The van der Waals surface area contributed by atoms with E-state index >= 15 is 0 Å². The van der Waals surface area contributed by atoms with Gasteiger partial charge in [0.1, 0.15) is 0 Å². The Labute approximate surface area is 118 Å². The summed E-state index contributed by atoms with van der Waals surface area (Å²) in [5.74, 6) is 0.707. The van der Waals surface area contributed by atoms with Crippen LogP contribution in [-0.2, 0) is 4.74 Å². The molecule has 3 heteroatoms. The van der Waals surface area contributed by atoms with Crippen LogP contribution in [0.5, 0.6) is 0 Å². The van der Waals surface area contributed by atoms with E-state index in [0.29, 0.717) is 17.4 Å². The number of hydrogen-bond acceptors (Lipinski definition) is 3. The predicted molar refractivity (Wildman–Crippen MR) is 78.2 cm³/mol. The molecule has 1 N–H and O–H groups in total. The summed E-state index contributed by atoms with van der Waals surface area (Å²) in [6, 6.07) is 0.542. The van der Waals surface area contributed by atoms with Gasteiger partial charge in [0.15, 0.2) is 0 Å². The molecule has 2 rings (SSSR count). The summed E-state index contributed by atoms with van der Waals surface area (Å²) in [6.07, 6.45) is 5.35. The van der Waals surface area contributed by atoms with E-state index in [-0.39, 0.29) is 6.10 Å². The van der Waals surface area contributed by atoms with Gasteiger partial charge in [0.2, 0.25) is 0 Å². The van der Waals surface area contributed by atoms with Crippen molar-refractivity contribution < 1.29 is 9.84 Å². The first-order valence-electron chi connectivity index (χ1n) is 8.04. The molecule has 1 saturated heterocycles. The zero-order valence-corrected chi connectivity index (χ0v) is 12.9. The highest BCUT2D eigenvalue weighted by Gasteiger charge is 2.41. The maximum Gasteiger partial charge on any atom is 0.0593 e. The SMILES string of the molecule is CCC(C)(C)C1CCC(O)CC1N1CCCOCC1. The Hall–Kier alpha value is -0.120. The van der Waals surface area contributed by atoms with Gasteiger partial charge in [0.05, 0.1) is 12.7 Å². The monoisotopic (exact) mass is 269 g/mol. The molecule has 112 valence electrons. The van der Waals surface area contributed by atoms with Gasteiger partial charge in [-0.3, -0.25) is 4.90 Å². The van der Waals surface area contributed by atoms with Crippen LogP contribution in [0, 0.1) is 11.3 Å². The second kappa shape index (κ2) is 6.55. The van der Waals surface area contributed by atoms with E-state index in [1.165, 1.54) is 12.8 Å². The Morgan fingerprint density at radius 2 is 2.00 bits per heavy atom. The molecule has 2 aliphatic rings. The molecule has 0 bridgehead atoms. The zero-order valence-electron chi connectivity index (χ0n) is 12.9. The molecule has 0 radical (unpaired) electrons. The van der Waals surface area contributed by atoms with E-state index in [1.54, 1.807) is 0 Å². The van der Waals surface area contributed by atoms with Crippen molar-refractivity contribution in [2.24, 2.45) is 11.3 Å². The van der Waals surface area contributed by atoms with E-state index in [2.05, 4.69) is 25.7 Å². The minimum atomic E-state index is -0.0990. The van der Waals surface area contributed by atoms with Crippen molar-refractivity contribution in [1.29, 1.82) is 0 Å². The van der Waals surface area contributed by atoms with Gasteiger partial charge in [-0.15, -0.1) is 0 Å². The zero-order chi connectivity index (χ0) is 13.9. The van der Waals surface area contributed by atoms with E-state index in [0.717, 1.165) is 45.6 Å². The molecular weight excluding hydrogens is 238 g/mol. The molecule has 3 unspecified atom stereocenters. The van der Waals surface area contributed by atoms with Crippen LogP contribution in [0.15, 0.2) is 0 Å². The summed E-state index contributed by atoms with van der Waals surface area (Å²) < 4.78 is 5.59. The lowest BCUT2D eigenvalue weighted by molar-refractivity contribution is -0.0186. The van der Waals surface area contributed by atoms with Crippen LogP contribution in [0.2, 0.25) is 0 Å². The summed E-state index contributed by atoms with van der Waals surface area (Å²) in [6.45, 7) is 11.0. The third-order valence-corrected chi connectivity index (χ3v) is 5.43. The van der Waals surface area contributed by atoms with Gasteiger partial charge in [-0.25, -0.2) is 0 Å². The Bertz CT molecular complexity index is 272. The fraction of sp³-hybridized carbons (Fsp3) is 1.00. The van der Waals surface area contributed by atoms with Gasteiger partial charge in [0, 0.05) is 25.7 Å². The highest BCUT2D eigenvalue weighted by atomic mass is 16.5. The Kier molecular flexibility index (Phi) is 5.27. The lowest BCUT2D eigenvalue weighted by Gasteiger charge is -2.48. The first-order valence-corrected chi connectivity index (χ1v) is 8.04. The van der Waals surface area contributed by atoms with Gasteiger partial charge < -0.3 is 9.84 Å². The molecule has 1 aliphatic heterocycles. The normalized spacial score (nSPS) is 35.1. The van der Waals surface area contributed by atoms with Crippen molar-refractivity contribution in [3.8, 4) is 0 Å². The minimum absolute atomic E-state index is 0.0990. The summed E-state index contributed by atoms with van der Waals surface area (Å²) in [5, 5.41) is 10.1. The molecule has 3 nitrogen and oxygen atoms in total. The third-order valence-electron chi connectivity index (χ3n) is 5.43. The quantitative estimate of drug-likeness (QED) is 0.855. The molecule has 0 aromatic rings. The van der Waals surface area contributed by atoms with Crippen LogP contribution in [0.25, 0.3) is 0 Å². The van der Waals surface area contributed by atoms with Gasteiger partial charge in [-0.2, -0.15) is 0 Å². The standard InChI is InChI=1S/C16H31NO2/c1-4-16(2,3)14-7-6-13(18)12-15(14)17-8-5-10-19-11-9-17/h13-15,18H,4-12H2,1-3H3. The van der Waals surface area contributed by atoms with Crippen LogP contribution >= 0.6 is 0 Å². The molecule has 1 heterocycles. The number of hydrogen-bond donors (Lipinski definition) is 1. The van der Waals surface area contributed by atoms with E-state index in [1.807, 2.05) is 0 Å². The maximum absolute atomic E-state index is 10.1. The summed E-state index contributed by atoms with van der Waals surface area (Å²) in [7, 11) is 0. The fourth-order valence-corrected chi connectivity index (χ4v) is 3.80. The van der Waals surface area contributed by atoms with Crippen LogP contribution in [-0.4, -0.2) is 48.5 Å². The van der Waals surface area contributed by atoms with Gasteiger partial charge in [-0.05, 0) is 37.0 Å². The first-order chi connectivity index (χ1) is 9.04. The summed E-state index contributed by atoms with van der Waals surface area (Å²) in [4.78, 5) is 2.59. The molecule has 0 aromatic carbocycles.